The minimum atomic E-state index is 0. The van der Waals surface area contributed by atoms with Crippen LogP contribution in [0.2, 0.25) is 0 Å². The number of rotatable bonds is 5. The zero-order valence-electron chi connectivity index (χ0n) is 14.9. The first-order valence-electron chi connectivity index (χ1n) is 9.26. The Kier molecular flexibility index (Phi) is 6.61. The van der Waals surface area contributed by atoms with Crippen molar-refractivity contribution in [1.82, 2.24) is 30.0 Å². The molecule has 0 aromatic carbocycles. The Bertz CT molecular complexity index is 738. The molecule has 3 heterocycles. The number of hydrogen-bond donors (Lipinski definition) is 2. The van der Waals surface area contributed by atoms with Gasteiger partial charge in [-0.15, -0.1) is 12.4 Å². The molecule has 1 aliphatic carbocycles. The fraction of sp³-hybridized carbons (Fsp3) is 0.647. The molecule has 9 heteroatoms. The molecule has 0 bridgehead atoms. The van der Waals surface area contributed by atoms with E-state index in [9.17, 15) is 0 Å². The topological polar surface area (TPSA) is 70.9 Å². The molecule has 1 saturated carbocycles. The minimum Gasteiger partial charge on any atom is -0.360 e. The summed E-state index contributed by atoms with van der Waals surface area (Å²) in [6, 6.07) is 0.522. The van der Waals surface area contributed by atoms with Crippen LogP contribution >= 0.6 is 24.6 Å². The van der Waals surface area contributed by atoms with Crippen molar-refractivity contribution < 1.29 is 0 Å². The van der Waals surface area contributed by atoms with Crippen molar-refractivity contribution in [3.05, 3.63) is 12.5 Å². The van der Waals surface area contributed by atoms with Gasteiger partial charge in [0.05, 0.1) is 18.1 Å². The molecule has 26 heavy (non-hydrogen) atoms. The van der Waals surface area contributed by atoms with Crippen LogP contribution < -0.4 is 10.6 Å². The molecule has 1 saturated heterocycles. The average molecular weight is 396 g/mol. The van der Waals surface area contributed by atoms with Crippen LogP contribution in [0.3, 0.4) is 0 Å². The van der Waals surface area contributed by atoms with Crippen LogP contribution in [0.5, 0.6) is 0 Å². The molecule has 2 aromatic heterocycles. The Labute approximate surface area is 165 Å². The van der Waals surface area contributed by atoms with Gasteiger partial charge in [0.15, 0.2) is 10.8 Å². The molecule has 0 unspecified atom stereocenters. The lowest BCUT2D eigenvalue weighted by Gasteiger charge is -2.19. The molecular formula is C17H26ClN7S. The Morgan fingerprint density at radius 1 is 1.12 bits per heavy atom. The van der Waals surface area contributed by atoms with Crippen LogP contribution in [-0.2, 0) is 6.54 Å². The van der Waals surface area contributed by atoms with E-state index in [2.05, 4.69) is 30.6 Å². The van der Waals surface area contributed by atoms with Crippen molar-refractivity contribution in [2.45, 2.75) is 51.1 Å². The molecule has 0 radical (unpaired) electrons. The van der Waals surface area contributed by atoms with Crippen LogP contribution in [0.25, 0.3) is 11.0 Å². The number of anilines is 1. The summed E-state index contributed by atoms with van der Waals surface area (Å²) in [6.45, 7) is 4.26. The second-order valence-corrected chi connectivity index (χ2v) is 7.36. The highest BCUT2D eigenvalue weighted by molar-refractivity contribution is 7.80. The van der Waals surface area contributed by atoms with Gasteiger partial charge in [0.1, 0.15) is 12.1 Å². The lowest BCUT2D eigenvalue weighted by atomic mass is 10.2. The largest absolute Gasteiger partial charge is 0.360 e. The molecule has 2 aromatic rings. The number of halogens is 1. The normalized spacial score (nSPS) is 18.2. The summed E-state index contributed by atoms with van der Waals surface area (Å²) < 4.78 is 1.98. The van der Waals surface area contributed by atoms with Gasteiger partial charge in [-0.2, -0.15) is 5.10 Å². The number of likely N-dealkylation sites (tertiary alicyclic amines) is 1. The van der Waals surface area contributed by atoms with Crippen LogP contribution in [0.15, 0.2) is 12.5 Å². The highest BCUT2D eigenvalue weighted by Gasteiger charge is 2.22. The Morgan fingerprint density at radius 2 is 1.88 bits per heavy atom. The van der Waals surface area contributed by atoms with E-state index >= 15 is 0 Å². The molecule has 2 fully saturated rings. The van der Waals surface area contributed by atoms with Crippen LogP contribution in [0, 0.1) is 0 Å². The third-order valence-electron chi connectivity index (χ3n) is 4.90. The maximum atomic E-state index is 5.35. The summed E-state index contributed by atoms with van der Waals surface area (Å²) in [5.74, 6) is 0.726. The molecule has 2 aliphatic rings. The van der Waals surface area contributed by atoms with Gasteiger partial charge in [-0.25, -0.2) is 14.6 Å². The van der Waals surface area contributed by atoms with Gasteiger partial charge in [-0.3, -0.25) is 0 Å². The van der Waals surface area contributed by atoms with Gasteiger partial charge >= 0.3 is 0 Å². The van der Waals surface area contributed by atoms with Crippen LogP contribution in [0.1, 0.15) is 38.5 Å². The zero-order valence-corrected chi connectivity index (χ0v) is 16.5. The van der Waals surface area contributed by atoms with Crippen molar-refractivity contribution in [2.75, 3.05) is 25.0 Å². The van der Waals surface area contributed by atoms with E-state index in [0.717, 1.165) is 29.9 Å². The Balaban J connectivity index is 0.00000196. The average Bonchev–Trinajstić information content (AvgIpc) is 3.37. The maximum Gasteiger partial charge on any atom is 0.172 e. The summed E-state index contributed by atoms with van der Waals surface area (Å²) in [6.07, 6.45) is 11.1. The number of aromatic nitrogens is 4. The minimum absolute atomic E-state index is 0. The van der Waals surface area contributed by atoms with Gasteiger partial charge in [0.25, 0.3) is 0 Å². The van der Waals surface area contributed by atoms with E-state index in [1.54, 1.807) is 6.33 Å². The Morgan fingerprint density at radius 3 is 2.62 bits per heavy atom. The molecule has 2 N–H and O–H groups in total. The molecule has 142 valence electrons. The highest BCUT2D eigenvalue weighted by atomic mass is 35.5. The first-order chi connectivity index (χ1) is 12.3. The van der Waals surface area contributed by atoms with Gasteiger partial charge in [-0.05, 0) is 51.0 Å². The highest BCUT2D eigenvalue weighted by Crippen LogP contribution is 2.21. The number of nitrogens with one attached hydrogen (secondary N) is 2. The van der Waals surface area contributed by atoms with Crippen LogP contribution in [0.4, 0.5) is 5.82 Å². The van der Waals surface area contributed by atoms with Crippen molar-refractivity contribution in [3.8, 4) is 0 Å². The monoisotopic (exact) mass is 395 g/mol. The van der Waals surface area contributed by atoms with Gasteiger partial charge in [0.2, 0.25) is 0 Å². The van der Waals surface area contributed by atoms with Crippen molar-refractivity contribution in [1.29, 1.82) is 0 Å². The smallest absolute Gasteiger partial charge is 0.172 e. The summed E-state index contributed by atoms with van der Waals surface area (Å²) in [5, 5.41) is 12.5. The van der Waals surface area contributed by atoms with Crippen molar-refractivity contribution >= 4 is 46.6 Å². The van der Waals surface area contributed by atoms with Gasteiger partial charge < -0.3 is 15.5 Å². The summed E-state index contributed by atoms with van der Waals surface area (Å²) in [4.78, 5) is 11.3. The molecule has 0 atom stereocenters. The fourth-order valence-electron chi connectivity index (χ4n) is 3.31. The van der Waals surface area contributed by atoms with E-state index in [4.69, 9.17) is 12.2 Å². The second kappa shape index (κ2) is 8.92. The standard InChI is InChI=1S/C17H25N7S.ClH/c25-17(21-13-5-6-13)22-15-14-11-20-24(16(14)19-12-18-15)10-9-23-7-3-1-2-4-8-23;/h11-13H,1-10H2,(H2,18,19,21,22,25);1H. The van der Waals surface area contributed by atoms with Gasteiger partial charge in [-0.1, -0.05) is 12.8 Å². The van der Waals surface area contributed by atoms with Crippen molar-refractivity contribution in [3.63, 3.8) is 0 Å². The predicted octanol–water partition coefficient (Wildman–Crippen LogP) is 2.57. The molecular weight excluding hydrogens is 370 g/mol. The third kappa shape index (κ3) is 4.81. The van der Waals surface area contributed by atoms with E-state index in [1.165, 1.54) is 51.6 Å². The summed E-state index contributed by atoms with van der Waals surface area (Å²) >= 11 is 5.35. The first-order valence-corrected chi connectivity index (χ1v) is 9.67. The quantitative estimate of drug-likeness (QED) is 0.754. The first kappa shape index (κ1) is 19.3. The molecule has 7 nitrogen and oxygen atoms in total. The van der Waals surface area contributed by atoms with E-state index < -0.39 is 0 Å². The molecule has 0 spiro atoms. The van der Waals surface area contributed by atoms with E-state index in [-0.39, 0.29) is 12.4 Å². The van der Waals surface area contributed by atoms with E-state index in [0.29, 0.717) is 11.2 Å². The fourth-order valence-corrected chi connectivity index (χ4v) is 3.57. The van der Waals surface area contributed by atoms with E-state index in [1.807, 2.05) is 10.9 Å². The number of nitrogens with zero attached hydrogens (tertiary/aromatic N) is 5. The lowest BCUT2D eigenvalue weighted by Crippen LogP contribution is -2.30. The third-order valence-corrected chi connectivity index (χ3v) is 5.12. The van der Waals surface area contributed by atoms with Crippen molar-refractivity contribution in [2.24, 2.45) is 0 Å². The zero-order chi connectivity index (χ0) is 17.1. The van der Waals surface area contributed by atoms with Crippen LogP contribution in [-0.4, -0.2) is 55.4 Å². The SMILES string of the molecule is Cl.S=C(Nc1ncnc2c1cnn2CCN1CCCCCC1)NC1CC1. The molecule has 0 amide bonds. The summed E-state index contributed by atoms with van der Waals surface area (Å²) in [7, 11) is 0. The number of fused-ring (bicyclic) bond motifs is 1. The lowest BCUT2D eigenvalue weighted by molar-refractivity contribution is 0.270. The second-order valence-electron chi connectivity index (χ2n) is 6.96. The molecule has 1 aliphatic heterocycles. The maximum absolute atomic E-state index is 5.35. The number of thiocarbonyl (C=S) groups is 1. The van der Waals surface area contributed by atoms with Gasteiger partial charge in [0, 0.05) is 12.6 Å². The Hall–Kier alpha value is -1.51. The number of hydrogen-bond acceptors (Lipinski definition) is 5. The predicted molar refractivity (Wildman–Crippen MR) is 110 cm³/mol. The summed E-state index contributed by atoms with van der Waals surface area (Å²) in [5.41, 5.74) is 0.863. The molecule has 4 rings (SSSR count).